The molecule has 1 amide bonds. The highest BCUT2D eigenvalue weighted by molar-refractivity contribution is 9.10. The van der Waals surface area contributed by atoms with Crippen molar-refractivity contribution in [3.63, 3.8) is 0 Å². The van der Waals surface area contributed by atoms with E-state index in [9.17, 15) is 4.79 Å². The maximum atomic E-state index is 12.1. The Morgan fingerprint density at radius 3 is 2.48 bits per heavy atom. The lowest BCUT2D eigenvalue weighted by Gasteiger charge is -2.06. The third-order valence-electron chi connectivity index (χ3n) is 2.85. The molecule has 116 valence electrons. The van der Waals surface area contributed by atoms with E-state index in [1.807, 2.05) is 6.07 Å². The number of hydrogen-bond donors (Lipinski definition) is 3. The highest BCUT2D eigenvalue weighted by Gasteiger charge is 2.09. The molecule has 5 nitrogen and oxygen atoms in total. The summed E-state index contributed by atoms with van der Waals surface area (Å²) >= 11 is 9.22. The van der Waals surface area contributed by atoms with Gasteiger partial charge in [-0.15, -0.1) is 0 Å². The minimum Gasteiger partial charge on any atom is -0.398 e. The zero-order chi connectivity index (χ0) is 16.8. The van der Waals surface area contributed by atoms with Gasteiger partial charge in [0.1, 0.15) is 11.6 Å². The predicted octanol–water partition coefficient (Wildman–Crippen LogP) is 4.14. The third kappa shape index (κ3) is 4.74. The maximum Gasteiger partial charge on any atom is 0.267 e. The number of anilines is 3. The number of nitrogens with zero attached hydrogens (tertiary/aromatic N) is 1. The molecule has 0 fully saturated rings. The molecule has 0 aliphatic carbocycles. The second-order valence-electron chi connectivity index (χ2n) is 4.51. The predicted molar refractivity (Wildman–Crippen MR) is 96.0 cm³/mol. The molecule has 0 heterocycles. The van der Waals surface area contributed by atoms with E-state index in [0.717, 1.165) is 4.47 Å². The molecule has 0 aliphatic heterocycles. The van der Waals surface area contributed by atoms with Gasteiger partial charge in [-0.25, -0.2) is 0 Å². The molecule has 2 aromatic rings. The van der Waals surface area contributed by atoms with Crippen LogP contribution in [0.3, 0.4) is 0 Å². The Bertz CT molecular complexity index is 797. The summed E-state index contributed by atoms with van der Waals surface area (Å²) in [5.41, 5.74) is 7.22. The van der Waals surface area contributed by atoms with E-state index in [0.29, 0.717) is 22.1 Å². The van der Waals surface area contributed by atoms with Crippen LogP contribution in [-0.4, -0.2) is 5.91 Å². The Labute approximate surface area is 146 Å². The van der Waals surface area contributed by atoms with Crippen LogP contribution in [0.2, 0.25) is 5.02 Å². The Balaban J connectivity index is 2.08. The van der Waals surface area contributed by atoms with E-state index in [4.69, 9.17) is 22.6 Å². The van der Waals surface area contributed by atoms with Crippen molar-refractivity contribution in [2.24, 2.45) is 0 Å². The number of hydrogen-bond acceptors (Lipinski definition) is 4. The number of nitrogen functional groups attached to an aromatic ring is 1. The molecule has 0 atom stereocenters. The van der Waals surface area contributed by atoms with Crippen LogP contribution in [0.1, 0.15) is 0 Å². The van der Waals surface area contributed by atoms with Gasteiger partial charge in [0.2, 0.25) is 0 Å². The van der Waals surface area contributed by atoms with Crippen LogP contribution in [0.5, 0.6) is 0 Å². The first kappa shape index (κ1) is 16.9. The first-order chi connectivity index (χ1) is 11.0. The van der Waals surface area contributed by atoms with Crippen LogP contribution < -0.4 is 16.4 Å². The number of carbonyl (C=O) groups excluding carboxylic acids is 1. The smallest absolute Gasteiger partial charge is 0.267 e. The second kappa shape index (κ2) is 7.68. The van der Waals surface area contributed by atoms with Crippen molar-refractivity contribution in [3.05, 3.63) is 63.7 Å². The maximum absolute atomic E-state index is 12.1. The second-order valence-corrected chi connectivity index (χ2v) is 5.83. The molecule has 0 unspecified atom stereocenters. The lowest BCUT2D eigenvalue weighted by atomic mass is 10.2. The normalized spacial score (nSPS) is 10.7. The standard InChI is InChI=1S/C16H12BrClN4O/c17-11-1-3-12(4-2-11)22-16(23)10(8-19)9-21-13-5-6-15(20)14(18)7-13/h1-7,9,21H,20H2,(H,22,23)/b10-9-. The molecule has 2 rings (SSSR count). The molecule has 2 aromatic carbocycles. The molecule has 23 heavy (non-hydrogen) atoms. The summed E-state index contributed by atoms with van der Waals surface area (Å²) in [5.74, 6) is -0.510. The van der Waals surface area contributed by atoms with Crippen molar-refractivity contribution < 1.29 is 4.79 Å². The first-order valence-corrected chi connectivity index (χ1v) is 7.65. The minimum absolute atomic E-state index is 0.0686. The molecular weight excluding hydrogens is 380 g/mol. The number of nitrogens with one attached hydrogen (secondary N) is 2. The number of halogens is 2. The number of amides is 1. The quantitative estimate of drug-likeness (QED) is 0.415. The monoisotopic (exact) mass is 390 g/mol. The number of nitrogens with two attached hydrogens (primary N) is 1. The molecule has 0 aromatic heterocycles. The Kier molecular flexibility index (Phi) is 5.63. The molecule has 7 heteroatoms. The van der Waals surface area contributed by atoms with Crippen molar-refractivity contribution in [2.75, 3.05) is 16.4 Å². The van der Waals surface area contributed by atoms with E-state index < -0.39 is 5.91 Å². The van der Waals surface area contributed by atoms with E-state index >= 15 is 0 Å². The van der Waals surface area contributed by atoms with Crippen LogP contribution in [0.15, 0.2) is 58.7 Å². The molecular formula is C16H12BrClN4O. The zero-order valence-corrected chi connectivity index (χ0v) is 14.1. The SMILES string of the molecule is N#C/C(=C/Nc1ccc(N)c(Cl)c1)C(=O)Nc1ccc(Br)cc1. The van der Waals surface area contributed by atoms with Gasteiger partial charge in [-0.1, -0.05) is 27.5 Å². The van der Waals surface area contributed by atoms with Gasteiger partial charge in [-0.3, -0.25) is 4.79 Å². The van der Waals surface area contributed by atoms with E-state index in [-0.39, 0.29) is 5.57 Å². The summed E-state index contributed by atoms with van der Waals surface area (Å²) in [6.07, 6.45) is 1.32. The van der Waals surface area contributed by atoms with Crippen LogP contribution in [0.4, 0.5) is 17.1 Å². The number of carbonyl (C=O) groups is 1. The third-order valence-corrected chi connectivity index (χ3v) is 3.71. The molecule has 0 saturated heterocycles. The van der Waals surface area contributed by atoms with Gasteiger partial charge >= 0.3 is 0 Å². The molecule has 0 aliphatic rings. The van der Waals surface area contributed by atoms with Crippen molar-refractivity contribution in [1.29, 1.82) is 5.26 Å². The fourth-order valence-electron chi connectivity index (χ4n) is 1.65. The van der Waals surface area contributed by atoms with E-state index in [1.165, 1.54) is 6.20 Å². The molecule has 0 bridgehead atoms. The highest BCUT2D eigenvalue weighted by Crippen LogP contribution is 2.22. The number of nitriles is 1. The fraction of sp³-hybridized carbons (Fsp3) is 0. The van der Waals surface area contributed by atoms with Crippen molar-refractivity contribution in [1.82, 2.24) is 0 Å². The van der Waals surface area contributed by atoms with Crippen LogP contribution in [0.25, 0.3) is 0 Å². The summed E-state index contributed by atoms with van der Waals surface area (Å²) < 4.78 is 0.897. The van der Waals surface area contributed by atoms with Crippen molar-refractivity contribution >= 4 is 50.5 Å². The molecule has 0 spiro atoms. The molecule has 0 saturated carbocycles. The first-order valence-electron chi connectivity index (χ1n) is 6.48. The van der Waals surface area contributed by atoms with Crippen LogP contribution in [0, 0.1) is 11.3 Å². The van der Waals surface area contributed by atoms with Gasteiger partial charge in [0.25, 0.3) is 5.91 Å². The summed E-state index contributed by atoms with van der Waals surface area (Å²) in [4.78, 5) is 12.1. The van der Waals surface area contributed by atoms with Gasteiger partial charge in [0.15, 0.2) is 0 Å². The summed E-state index contributed by atoms with van der Waals surface area (Å²) in [6, 6.07) is 13.8. The molecule has 0 radical (unpaired) electrons. The Hall–Kier alpha value is -2.49. The van der Waals surface area contributed by atoms with Gasteiger partial charge in [-0.05, 0) is 42.5 Å². The Morgan fingerprint density at radius 2 is 1.87 bits per heavy atom. The number of benzene rings is 2. The largest absolute Gasteiger partial charge is 0.398 e. The van der Waals surface area contributed by atoms with Gasteiger partial charge in [0.05, 0.1) is 10.7 Å². The average molecular weight is 392 g/mol. The van der Waals surface area contributed by atoms with Crippen LogP contribution >= 0.6 is 27.5 Å². The topological polar surface area (TPSA) is 90.9 Å². The average Bonchev–Trinajstić information content (AvgIpc) is 2.53. The van der Waals surface area contributed by atoms with Gasteiger partial charge in [-0.2, -0.15) is 5.26 Å². The van der Waals surface area contributed by atoms with Gasteiger partial charge in [0, 0.05) is 22.0 Å². The van der Waals surface area contributed by atoms with Gasteiger partial charge < -0.3 is 16.4 Å². The van der Waals surface area contributed by atoms with Crippen molar-refractivity contribution in [2.45, 2.75) is 0 Å². The number of rotatable bonds is 4. The summed E-state index contributed by atoms with van der Waals surface area (Å²) in [6.45, 7) is 0. The zero-order valence-electron chi connectivity index (χ0n) is 11.8. The van der Waals surface area contributed by atoms with E-state index in [2.05, 4.69) is 26.6 Å². The minimum atomic E-state index is -0.510. The fourth-order valence-corrected chi connectivity index (χ4v) is 2.10. The highest BCUT2D eigenvalue weighted by atomic mass is 79.9. The van der Waals surface area contributed by atoms with Crippen molar-refractivity contribution in [3.8, 4) is 6.07 Å². The lowest BCUT2D eigenvalue weighted by molar-refractivity contribution is -0.112. The summed E-state index contributed by atoms with van der Waals surface area (Å²) in [5, 5.41) is 15.0. The van der Waals surface area contributed by atoms with E-state index in [1.54, 1.807) is 42.5 Å². The lowest BCUT2D eigenvalue weighted by Crippen LogP contribution is -2.14. The summed E-state index contributed by atoms with van der Waals surface area (Å²) in [7, 11) is 0. The van der Waals surface area contributed by atoms with Crippen LogP contribution in [-0.2, 0) is 4.79 Å². The Morgan fingerprint density at radius 1 is 1.22 bits per heavy atom. The molecule has 4 N–H and O–H groups in total.